The van der Waals surface area contributed by atoms with Gasteiger partial charge in [0.15, 0.2) is 5.65 Å². The first-order valence-electron chi connectivity index (χ1n) is 16.2. The maximum absolute atomic E-state index is 13.6. The van der Waals surface area contributed by atoms with Crippen LogP contribution in [0.5, 0.6) is 5.75 Å². The van der Waals surface area contributed by atoms with Crippen LogP contribution in [0.3, 0.4) is 0 Å². The molecule has 0 spiro atoms. The van der Waals surface area contributed by atoms with E-state index in [1.54, 1.807) is 62.7 Å². The molecule has 3 amide bonds. The molecule has 1 fully saturated rings. The highest BCUT2D eigenvalue weighted by atomic mass is 19.1. The molecule has 0 unspecified atom stereocenters. The van der Waals surface area contributed by atoms with Crippen LogP contribution in [0.4, 0.5) is 26.5 Å². The van der Waals surface area contributed by atoms with Gasteiger partial charge in [0.05, 0.1) is 12.8 Å². The number of fused-ring (bicyclic) bond motifs is 1. The molecule has 3 N–H and O–H groups in total. The topological polar surface area (TPSA) is 139 Å². The number of alkyl carbamates (subject to hydrolysis) is 1. The van der Waals surface area contributed by atoms with Crippen LogP contribution in [0.2, 0.25) is 0 Å². The van der Waals surface area contributed by atoms with E-state index in [1.807, 2.05) is 35.4 Å². The quantitative estimate of drug-likeness (QED) is 0.156. The average molecular weight is 680 g/mol. The minimum atomic E-state index is -1.13. The van der Waals surface area contributed by atoms with Gasteiger partial charge in [-0.25, -0.2) is 13.7 Å². The zero-order valence-corrected chi connectivity index (χ0v) is 28.2. The Bertz CT molecular complexity index is 2020. The van der Waals surface area contributed by atoms with Crippen LogP contribution in [0.25, 0.3) is 16.8 Å². The largest absolute Gasteiger partial charge is 0.495 e. The zero-order chi connectivity index (χ0) is 35.4. The second-order valence-electron chi connectivity index (χ2n) is 12.9. The summed E-state index contributed by atoms with van der Waals surface area (Å²) in [5.74, 6) is -0.136. The molecule has 5 aromatic rings. The summed E-state index contributed by atoms with van der Waals surface area (Å²) in [4.78, 5) is 45.2. The number of rotatable bonds is 9. The summed E-state index contributed by atoms with van der Waals surface area (Å²) in [5, 5.41) is 13.2. The van der Waals surface area contributed by atoms with Crippen molar-refractivity contribution in [3.05, 3.63) is 102 Å². The Balaban J connectivity index is 1.14. The molecule has 3 aromatic carbocycles. The van der Waals surface area contributed by atoms with Gasteiger partial charge in [0, 0.05) is 36.1 Å². The maximum Gasteiger partial charge on any atom is 0.408 e. The molecule has 6 rings (SSSR count). The second-order valence-corrected chi connectivity index (χ2v) is 12.9. The molecule has 2 aromatic heterocycles. The first-order chi connectivity index (χ1) is 24.0. The molecule has 12 nitrogen and oxygen atoms in total. The summed E-state index contributed by atoms with van der Waals surface area (Å²) in [7, 11) is 1.55. The fourth-order valence-electron chi connectivity index (χ4n) is 5.60. The second kappa shape index (κ2) is 14.2. The van der Waals surface area contributed by atoms with E-state index in [0.29, 0.717) is 39.8 Å². The van der Waals surface area contributed by atoms with Crippen molar-refractivity contribution in [3.8, 4) is 16.9 Å². The van der Waals surface area contributed by atoms with Crippen LogP contribution < -0.4 is 20.7 Å². The van der Waals surface area contributed by atoms with Crippen molar-refractivity contribution < 1.29 is 28.2 Å². The Morgan fingerprint density at radius 3 is 2.28 bits per heavy atom. The summed E-state index contributed by atoms with van der Waals surface area (Å²) in [6.45, 7) is 6.69. The lowest BCUT2D eigenvalue weighted by atomic mass is 10.1. The number of methoxy groups -OCH3 is 1. The van der Waals surface area contributed by atoms with Crippen LogP contribution >= 0.6 is 0 Å². The van der Waals surface area contributed by atoms with Crippen molar-refractivity contribution in [1.82, 2.24) is 24.8 Å². The summed E-state index contributed by atoms with van der Waals surface area (Å²) in [6, 6.07) is 20.4. The molecule has 0 radical (unpaired) electrons. The van der Waals surface area contributed by atoms with Crippen LogP contribution in [-0.4, -0.2) is 63.2 Å². The number of halogens is 1. The zero-order valence-electron chi connectivity index (χ0n) is 28.2. The predicted molar refractivity (Wildman–Crippen MR) is 187 cm³/mol. The van der Waals surface area contributed by atoms with Crippen molar-refractivity contribution in [1.29, 1.82) is 0 Å². The molecule has 1 saturated heterocycles. The van der Waals surface area contributed by atoms with Crippen molar-refractivity contribution in [2.45, 2.75) is 45.3 Å². The van der Waals surface area contributed by atoms with Gasteiger partial charge in [0.25, 0.3) is 11.8 Å². The van der Waals surface area contributed by atoms with Gasteiger partial charge in [-0.05, 0) is 99.3 Å². The molecule has 1 atom stereocenters. The van der Waals surface area contributed by atoms with Crippen LogP contribution in [-0.2, 0) is 9.53 Å². The van der Waals surface area contributed by atoms with Gasteiger partial charge in [0.1, 0.15) is 23.2 Å². The number of carbonyl (C=O) groups excluding carboxylic acids is 3. The minimum absolute atomic E-state index is 0.00875. The monoisotopic (exact) mass is 679 g/mol. The number of aromatic nitrogens is 3. The number of likely N-dealkylation sites (tertiary alicyclic amines) is 1. The molecule has 0 bridgehead atoms. The van der Waals surface area contributed by atoms with Gasteiger partial charge in [-0.1, -0.05) is 24.3 Å². The molecular formula is C37H38FN7O5. The average Bonchev–Trinajstić information content (AvgIpc) is 3.77. The van der Waals surface area contributed by atoms with Gasteiger partial charge >= 0.3 is 6.09 Å². The molecule has 258 valence electrons. The Hall–Kier alpha value is -5.98. The summed E-state index contributed by atoms with van der Waals surface area (Å²) < 4.78 is 26.2. The van der Waals surface area contributed by atoms with E-state index < -0.39 is 29.5 Å². The number of hydrogen-bond donors (Lipinski definition) is 3. The van der Waals surface area contributed by atoms with E-state index in [0.717, 1.165) is 37.1 Å². The Labute approximate surface area is 288 Å². The molecule has 0 saturated carbocycles. The van der Waals surface area contributed by atoms with Gasteiger partial charge in [-0.15, -0.1) is 5.10 Å². The lowest BCUT2D eigenvalue weighted by molar-refractivity contribution is -0.118. The van der Waals surface area contributed by atoms with Crippen LogP contribution in [0.15, 0.2) is 85.1 Å². The van der Waals surface area contributed by atoms with E-state index in [2.05, 4.69) is 26.0 Å². The number of carbonyl (C=O) groups is 3. The highest BCUT2D eigenvalue weighted by molar-refractivity contribution is 5.97. The Kier molecular flexibility index (Phi) is 9.66. The fourth-order valence-corrected chi connectivity index (χ4v) is 5.60. The number of ether oxygens (including phenoxy) is 2. The minimum Gasteiger partial charge on any atom is -0.495 e. The number of nitrogens with one attached hydrogen (secondary N) is 3. The number of amides is 3. The van der Waals surface area contributed by atoms with Crippen molar-refractivity contribution in [2.24, 2.45) is 0 Å². The third kappa shape index (κ3) is 8.00. The lowest BCUT2D eigenvalue weighted by Gasteiger charge is -2.23. The van der Waals surface area contributed by atoms with Gasteiger partial charge < -0.3 is 30.3 Å². The first-order valence-corrected chi connectivity index (χ1v) is 16.2. The SMILES string of the molecule is COc1cc(C(=O)N2CCCC2)ccc1Nc1nc2ccc(-c3ccc(NC(=O)[C@H](NC(=O)OC(C)(C)C)c4ccc(F)cc4)cc3)cn2n1. The van der Waals surface area contributed by atoms with Gasteiger partial charge in [0.2, 0.25) is 5.95 Å². The van der Waals surface area contributed by atoms with E-state index in [-0.39, 0.29) is 5.91 Å². The highest BCUT2D eigenvalue weighted by Crippen LogP contribution is 2.30. The van der Waals surface area contributed by atoms with Crippen LogP contribution in [0, 0.1) is 5.82 Å². The van der Waals surface area contributed by atoms with E-state index in [4.69, 9.17) is 9.47 Å². The molecule has 3 heterocycles. The molecule has 1 aliphatic rings. The first kappa shape index (κ1) is 33.9. The van der Waals surface area contributed by atoms with Crippen molar-refractivity contribution in [2.75, 3.05) is 30.8 Å². The Morgan fingerprint density at radius 2 is 1.60 bits per heavy atom. The number of benzene rings is 3. The third-order valence-corrected chi connectivity index (χ3v) is 8.03. The third-order valence-electron chi connectivity index (χ3n) is 8.03. The van der Waals surface area contributed by atoms with E-state index in [9.17, 15) is 18.8 Å². The number of pyridine rings is 1. The normalized spacial score (nSPS) is 13.5. The van der Waals surface area contributed by atoms with Gasteiger partial charge in [-0.3, -0.25) is 9.59 Å². The smallest absolute Gasteiger partial charge is 0.408 e. The maximum atomic E-state index is 13.6. The number of nitrogens with zero attached hydrogens (tertiary/aromatic N) is 4. The highest BCUT2D eigenvalue weighted by Gasteiger charge is 2.26. The number of hydrogen-bond acceptors (Lipinski definition) is 8. The molecule has 1 aliphatic heterocycles. The lowest BCUT2D eigenvalue weighted by Crippen LogP contribution is -2.40. The summed E-state index contributed by atoms with van der Waals surface area (Å²) >= 11 is 0. The van der Waals surface area contributed by atoms with E-state index >= 15 is 0 Å². The molecule has 50 heavy (non-hydrogen) atoms. The molecule has 13 heteroatoms. The van der Waals surface area contributed by atoms with E-state index in [1.165, 1.54) is 24.3 Å². The summed E-state index contributed by atoms with van der Waals surface area (Å²) in [5.41, 5.74) is 3.63. The van der Waals surface area contributed by atoms with Crippen molar-refractivity contribution >= 4 is 40.9 Å². The molecular weight excluding hydrogens is 641 g/mol. The Morgan fingerprint density at radius 1 is 0.900 bits per heavy atom. The van der Waals surface area contributed by atoms with Gasteiger partial charge in [-0.2, -0.15) is 4.98 Å². The fraction of sp³-hybridized carbons (Fsp3) is 0.270. The standard InChI is InChI=1S/C37H38FN7O5/c1-37(2,3)50-36(48)42-32(24-7-13-27(38)14-8-24)33(46)39-28-15-9-23(10-16-28)26-12-18-31-41-35(43-45(31)22-26)40-29-17-11-25(21-30(29)49-4)34(47)44-19-5-6-20-44/h7-18,21-22,32H,5-6,19-20H2,1-4H3,(H,39,46)(H,40,43)(H,42,48)/t32-/m1/s1. The molecule has 0 aliphatic carbocycles. The number of anilines is 3. The summed E-state index contributed by atoms with van der Waals surface area (Å²) in [6.07, 6.45) is 3.10. The predicted octanol–water partition coefficient (Wildman–Crippen LogP) is 6.73. The van der Waals surface area contributed by atoms with Crippen molar-refractivity contribution in [3.63, 3.8) is 0 Å². The van der Waals surface area contributed by atoms with Crippen LogP contribution in [0.1, 0.15) is 55.6 Å².